The van der Waals surface area contributed by atoms with Gasteiger partial charge >= 0.3 is 0 Å². The molecule has 108 valence electrons. The lowest BCUT2D eigenvalue weighted by molar-refractivity contribution is 0.219. The Balaban J connectivity index is 1.90. The first kappa shape index (κ1) is 13.7. The first-order valence-electron chi connectivity index (χ1n) is 7.12. The minimum Gasteiger partial charge on any atom is -0.484 e. The second kappa shape index (κ2) is 5.24. The number of benzene rings is 1. The Kier molecular flexibility index (Phi) is 3.42. The van der Waals surface area contributed by atoms with E-state index in [4.69, 9.17) is 9.15 Å². The van der Waals surface area contributed by atoms with Crippen molar-refractivity contribution in [3.63, 3.8) is 0 Å². The van der Waals surface area contributed by atoms with Crippen molar-refractivity contribution in [2.24, 2.45) is 0 Å². The fourth-order valence-corrected chi connectivity index (χ4v) is 2.70. The lowest BCUT2D eigenvalue weighted by atomic mass is 10.1. The summed E-state index contributed by atoms with van der Waals surface area (Å²) in [5.74, 6) is 0.946. The van der Waals surface area contributed by atoms with Crippen LogP contribution in [0.3, 0.4) is 0 Å². The second-order valence-electron chi connectivity index (χ2n) is 5.56. The molecule has 3 nitrogen and oxygen atoms in total. The summed E-state index contributed by atoms with van der Waals surface area (Å²) in [4.78, 5) is 4.43. The van der Waals surface area contributed by atoms with Gasteiger partial charge in [-0.25, -0.2) is 0 Å². The van der Waals surface area contributed by atoms with Crippen LogP contribution in [0.15, 0.2) is 41.1 Å². The van der Waals surface area contributed by atoms with Gasteiger partial charge in [0.15, 0.2) is 5.58 Å². The smallest absolute Gasteiger partial charge is 0.152 e. The van der Waals surface area contributed by atoms with Crippen LogP contribution in [-0.4, -0.2) is 4.98 Å². The third kappa shape index (κ3) is 2.64. The summed E-state index contributed by atoms with van der Waals surface area (Å²) >= 11 is 0. The van der Waals surface area contributed by atoms with Crippen LogP contribution < -0.4 is 4.74 Å². The van der Waals surface area contributed by atoms with Crippen molar-refractivity contribution in [1.29, 1.82) is 0 Å². The molecular formula is C18H19NO2. The monoisotopic (exact) mass is 281 g/mol. The van der Waals surface area contributed by atoms with Gasteiger partial charge in [-0.1, -0.05) is 17.7 Å². The van der Waals surface area contributed by atoms with E-state index in [9.17, 15) is 0 Å². The lowest BCUT2D eigenvalue weighted by Gasteiger charge is -2.18. The van der Waals surface area contributed by atoms with E-state index in [1.807, 2.05) is 19.1 Å². The molecule has 0 saturated carbocycles. The van der Waals surface area contributed by atoms with Gasteiger partial charge in [0.1, 0.15) is 11.9 Å². The van der Waals surface area contributed by atoms with E-state index in [2.05, 4.69) is 37.9 Å². The van der Waals surface area contributed by atoms with Crippen LogP contribution in [0.1, 0.15) is 35.4 Å². The minimum absolute atomic E-state index is 0.107. The summed E-state index contributed by atoms with van der Waals surface area (Å²) in [6, 6.07) is 8.24. The van der Waals surface area contributed by atoms with Crippen LogP contribution in [0.2, 0.25) is 0 Å². The van der Waals surface area contributed by atoms with Crippen LogP contribution >= 0.6 is 0 Å². The maximum absolute atomic E-state index is 6.15. The number of hydrogen-bond donors (Lipinski definition) is 0. The zero-order chi connectivity index (χ0) is 15.0. The quantitative estimate of drug-likeness (QED) is 0.685. The van der Waals surface area contributed by atoms with E-state index in [-0.39, 0.29) is 6.10 Å². The Morgan fingerprint density at radius 2 is 1.81 bits per heavy atom. The zero-order valence-corrected chi connectivity index (χ0v) is 12.8. The van der Waals surface area contributed by atoms with Gasteiger partial charge in [-0.15, -0.1) is 0 Å². The van der Waals surface area contributed by atoms with E-state index in [0.29, 0.717) is 0 Å². The predicted octanol–water partition coefficient (Wildman–Crippen LogP) is 4.89. The van der Waals surface area contributed by atoms with E-state index in [1.165, 1.54) is 5.56 Å². The van der Waals surface area contributed by atoms with Gasteiger partial charge in [-0.05, 0) is 51.0 Å². The lowest BCUT2D eigenvalue weighted by Crippen LogP contribution is -2.07. The molecule has 0 aliphatic heterocycles. The highest BCUT2D eigenvalue weighted by Gasteiger charge is 2.13. The maximum Gasteiger partial charge on any atom is 0.152 e. The van der Waals surface area contributed by atoms with Gasteiger partial charge in [0.25, 0.3) is 0 Å². The van der Waals surface area contributed by atoms with Gasteiger partial charge in [0.05, 0.1) is 18.2 Å². The van der Waals surface area contributed by atoms with E-state index >= 15 is 0 Å². The molecule has 1 aromatic carbocycles. The third-order valence-electron chi connectivity index (χ3n) is 3.68. The van der Waals surface area contributed by atoms with E-state index in [0.717, 1.165) is 33.5 Å². The van der Waals surface area contributed by atoms with Gasteiger partial charge in [0, 0.05) is 5.39 Å². The molecule has 0 aliphatic rings. The number of aryl methyl sites for hydroxylation is 3. The first-order chi connectivity index (χ1) is 10.0. The highest BCUT2D eigenvalue weighted by molar-refractivity contribution is 5.76. The van der Waals surface area contributed by atoms with Crippen molar-refractivity contribution in [3.8, 4) is 5.75 Å². The van der Waals surface area contributed by atoms with Crippen molar-refractivity contribution in [3.05, 3.63) is 59.1 Å². The number of rotatable bonds is 3. The van der Waals surface area contributed by atoms with Gasteiger partial charge in [-0.3, -0.25) is 4.98 Å². The third-order valence-corrected chi connectivity index (χ3v) is 3.68. The molecule has 3 rings (SSSR count). The summed E-state index contributed by atoms with van der Waals surface area (Å²) in [6.07, 6.45) is 3.32. The fourth-order valence-electron chi connectivity index (χ4n) is 2.70. The molecule has 0 radical (unpaired) electrons. The molecule has 0 amide bonds. The molecule has 21 heavy (non-hydrogen) atoms. The maximum atomic E-state index is 6.15. The van der Waals surface area contributed by atoms with Crippen LogP contribution in [0, 0.1) is 20.8 Å². The Morgan fingerprint density at radius 1 is 1.10 bits per heavy atom. The van der Waals surface area contributed by atoms with Crippen molar-refractivity contribution >= 4 is 11.0 Å². The largest absolute Gasteiger partial charge is 0.484 e. The van der Waals surface area contributed by atoms with Crippen molar-refractivity contribution in [2.75, 3.05) is 0 Å². The molecule has 0 N–H and O–H groups in total. The number of fused-ring (bicyclic) bond motifs is 1. The second-order valence-corrected chi connectivity index (χ2v) is 5.56. The number of nitrogens with zero attached hydrogens (tertiary/aromatic N) is 1. The molecule has 2 heterocycles. The Morgan fingerprint density at radius 3 is 2.52 bits per heavy atom. The molecule has 2 aromatic heterocycles. The molecule has 3 heteroatoms. The van der Waals surface area contributed by atoms with Gasteiger partial charge < -0.3 is 9.15 Å². The topological polar surface area (TPSA) is 35.3 Å². The van der Waals surface area contributed by atoms with Crippen molar-refractivity contribution in [1.82, 2.24) is 4.98 Å². The van der Waals surface area contributed by atoms with E-state index in [1.54, 1.807) is 12.5 Å². The fraction of sp³-hybridized carbons (Fsp3) is 0.278. The van der Waals surface area contributed by atoms with Crippen LogP contribution in [-0.2, 0) is 0 Å². The minimum atomic E-state index is -0.107. The molecule has 0 spiro atoms. The van der Waals surface area contributed by atoms with Crippen molar-refractivity contribution < 1.29 is 9.15 Å². The SMILES string of the molecule is Cc1cc(C)c(O[C@H](C)c2cc3ccoc3cn2)c(C)c1. The van der Waals surface area contributed by atoms with Crippen LogP contribution in [0.5, 0.6) is 5.75 Å². The Bertz CT molecular complexity index is 766. The molecule has 1 atom stereocenters. The van der Waals surface area contributed by atoms with Crippen molar-refractivity contribution in [2.45, 2.75) is 33.8 Å². The Labute approximate surface area is 124 Å². The normalized spacial score (nSPS) is 12.6. The number of aromatic nitrogens is 1. The molecule has 0 aliphatic carbocycles. The molecule has 3 aromatic rings. The molecule has 0 bridgehead atoms. The number of pyridine rings is 1. The summed E-state index contributed by atoms with van der Waals surface area (Å²) in [5.41, 5.74) is 5.27. The van der Waals surface area contributed by atoms with Crippen LogP contribution in [0.25, 0.3) is 11.0 Å². The standard InChI is InChI=1S/C18H19NO2/c1-11-7-12(2)18(13(3)8-11)21-14(4)16-9-15-5-6-20-17(15)10-19-16/h5-10,14H,1-4H3/t14-/m1/s1. The molecular weight excluding hydrogens is 262 g/mol. The summed E-state index contributed by atoms with van der Waals surface area (Å²) in [5, 5.41) is 1.05. The highest BCUT2D eigenvalue weighted by Crippen LogP contribution is 2.29. The molecule has 0 saturated heterocycles. The summed E-state index contributed by atoms with van der Waals surface area (Å²) in [6.45, 7) is 8.28. The number of ether oxygens (including phenoxy) is 1. The first-order valence-corrected chi connectivity index (χ1v) is 7.12. The van der Waals surface area contributed by atoms with E-state index < -0.39 is 0 Å². The van der Waals surface area contributed by atoms with Gasteiger partial charge in [0.2, 0.25) is 0 Å². The Hall–Kier alpha value is -2.29. The predicted molar refractivity (Wildman–Crippen MR) is 83.7 cm³/mol. The number of furan rings is 1. The highest BCUT2D eigenvalue weighted by atomic mass is 16.5. The van der Waals surface area contributed by atoms with Gasteiger partial charge in [-0.2, -0.15) is 0 Å². The average molecular weight is 281 g/mol. The zero-order valence-electron chi connectivity index (χ0n) is 12.8. The number of hydrogen-bond acceptors (Lipinski definition) is 3. The molecule has 0 fully saturated rings. The van der Waals surface area contributed by atoms with Crippen LogP contribution in [0.4, 0.5) is 0 Å². The summed E-state index contributed by atoms with van der Waals surface area (Å²) in [7, 11) is 0. The summed E-state index contributed by atoms with van der Waals surface area (Å²) < 4.78 is 11.5. The average Bonchev–Trinajstić information content (AvgIpc) is 2.89. The molecule has 0 unspecified atom stereocenters.